The molecular weight excluding hydrogens is 685 g/mol. The zero-order valence-electron chi connectivity index (χ0n) is 36.0. The summed E-state index contributed by atoms with van der Waals surface area (Å²) in [6.07, 6.45) is 42.3. The molecule has 0 unspecified atom stereocenters. The molecule has 0 aromatic heterocycles. The fourth-order valence-corrected chi connectivity index (χ4v) is 7.20. The van der Waals surface area contributed by atoms with E-state index in [1.54, 1.807) is 0 Å². The highest BCUT2D eigenvalue weighted by Crippen LogP contribution is 2.21. The molecule has 3 rings (SSSR count). The molecule has 0 spiro atoms. The average Bonchev–Trinajstić information content (AvgIpc) is 3.23. The summed E-state index contributed by atoms with van der Waals surface area (Å²) in [4.78, 5) is 9.32. The number of aliphatic imine (C=N–C) groups is 2. The van der Waals surface area contributed by atoms with Crippen molar-refractivity contribution >= 4 is 23.8 Å². The van der Waals surface area contributed by atoms with E-state index in [1.165, 1.54) is 167 Å². The van der Waals surface area contributed by atoms with Crippen LogP contribution in [0.1, 0.15) is 205 Å². The second kappa shape index (κ2) is 33.7. The molecule has 0 aliphatic rings. The molecule has 0 bridgehead atoms. The largest absolute Gasteiger partial charge is 0.494 e. The Morgan fingerprint density at radius 1 is 0.321 bits per heavy atom. The van der Waals surface area contributed by atoms with E-state index in [0.717, 1.165) is 60.1 Å². The standard InChI is InChI=1S/C52H80N2O2/c1-3-5-7-9-11-13-15-17-19-21-23-25-27-29-43-55-51-39-31-47(32-40-51)45-53-49-35-37-50(38-36-49)54-46-48-33-41-52(42-34-48)56-44-30-28-26-24-22-20-18-16-14-12-10-8-6-4-2/h31-42,45-46H,3-30,43-44H2,1-2H3. The first-order valence-corrected chi connectivity index (χ1v) is 23.4. The van der Waals surface area contributed by atoms with Crippen LogP contribution in [0.15, 0.2) is 82.8 Å². The minimum Gasteiger partial charge on any atom is -0.494 e. The van der Waals surface area contributed by atoms with Gasteiger partial charge in [0.1, 0.15) is 11.5 Å². The molecule has 4 nitrogen and oxygen atoms in total. The maximum atomic E-state index is 5.99. The zero-order valence-corrected chi connectivity index (χ0v) is 36.0. The van der Waals surface area contributed by atoms with E-state index in [2.05, 4.69) is 48.1 Å². The van der Waals surface area contributed by atoms with Crippen molar-refractivity contribution < 1.29 is 9.47 Å². The summed E-state index contributed by atoms with van der Waals surface area (Å²) in [6, 6.07) is 24.5. The molecule has 0 N–H and O–H groups in total. The average molecular weight is 765 g/mol. The van der Waals surface area contributed by atoms with Crippen LogP contribution in [-0.2, 0) is 0 Å². The highest BCUT2D eigenvalue weighted by atomic mass is 16.5. The summed E-state index contributed by atoms with van der Waals surface area (Å²) in [6.45, 7) is 6.16. The Balaban J connectivity index is 1.18. The molecule has 0 amide bonds. The Morgan fingerprint density at radius 3 is 0.839 bits per heavy atom. The van der Waals surface area contributed by atoms with E-state index in [1.807, 2.05) is 61.0 Å². The van der Waals surface area contributed by atoms with Crippen LogP contribution in [0.5, 0.6) is 11.5 Å². The zero-order chi connectivity index (χ0) is 39.4. The molecule has 0 heterocycles. The van der Waals surface area contributed by atoms with E-state index in [4.69, 9.17) is 9.47 Å². The molecule has 0 atom stereocenters. The lowest BCUT2D eigenvalue weighted by molar-refractivity contribution is 0.304. The van der Waals surface area contributed by atoms with Gasteiger partial charge in [-0.15, -0.1) is 0 Å². The fourth-order valence-electron chi connectivity index (χ4n) is 7.20. The van der Waals surface area contributed by atoms with Gasteiger partial charge in [-0.2, -0.15) is 0 Å². The van der Waals surface area contributed by atoms with Gasteiger partial charge in [0.25, 0.3) is 0 Å². The Hall–Kier alpha value is -3.40. The first-order valence-electron chi connectivity index (χ1n) is 23.4. The van der Waals surface area contributed by atoms with Gasteiger partial charge in [-0.25, -0.2) is 0 Å². The Morgan fingerprint density at radius 2 is 0.571 bits per heavy atom. The van der Waals surface area contributed by atoms with Crippen molar-refractivity contribution in [2.45, 2.75) is 194 Å². The summed E-state index contributed by atoms with van der Waals surface area (Å²) in [7, 11) is 0. The van der Waals surface area contributed by atoms with Crippen LogP contribution >= 0.6 is 0 Å². The van der Waals surface area contributed by atoms with Gasteiger partial charge in [0.2, 0.25) is 0 Å². The van der Waals surface area contributed by atoms with E-state index in [0.29, 0.717) is 0 Å². The first-order chi connectivity index (χ1) is 27.8. The Kier molecular flexibility index (Phi) is 28.3. The molecule has 4 heteroatoms. The van der Waals surface area contributed by atoms with Gasteiger partial charge in [-0.3, -0.25) is 9.98 Å². The monoisotopic (exact) mass is 765 g/mol. The lowest BCUT2D eigenvalue weighted by Crippen LogP contribution is -1.97. The predicted octanol–water partition coefficient (Wildman–Crippen LogP) is 16.9. The molecule has 0 fully saturated rings. The van der Waals surface area contributed by atoms with Crippen molar-refractivity contribution in [3.8, 4) is 11.5 Å². The number of hydrogen-bond acceptors (Lipinski definition) is 4. The van der Waals surface area contributed by atoms with E-state index >= 15 is 0 Å². The molecular formula is C52H80N2O2. The first kappa shape index (κ1) is 47.0. The maximum Gasteiger partial charge on any atom is 0.119 e. The number of rotatable bonds is 36. The predicted molar refractivity (Wildman–Crippen MR) is 245 cm³/mol. The highest BCUT2D eigenvalue weighted by Gasteiger charge is 2.00. The molecule has 0 radical (unpaired) electrons. The van der Waals surface area contributed by atoms with Crippen LogP contribution in [0, 0.1) is 0 Å². The van der Waals surface area contributed by atoms with Crippen LogP contribution in [0.3, 0.4) is 0 Å². The topological polar surface area (TPSA) is 43.2 Å². The molecule has 3 aromatic carbocycles. The van der Waals surface area contributed by atoms with E-state index < -0.39 is 0 Å². The van der Waals surface area contributed by atoms with Crippen LogP contribution in [0.25, 0.3) is 0 Å². The quantitative estimate of drug-likeness (QED) is 0.0437. The molecule has 3 aromatic rings. The molecule has 0 aliphatic carbocycles. The lowest BCUT2D eigenvalue weighted by Gasteiger charge is -2.07. The second-order valence-corrected chi connectivity index (χ2v) is 16.1. The van der Waals surface area contributed by atoms with Crippen molar-refractivity contribution in [1.82, 2.24) is 0 Å². The molecule has 56 heavy (non-hydrogen) atoms. The third-order valence-corrected chi connectivity index (χ3v) is 10.9. The summed E-state index contributed by atoms with van der Waals surface area (Å²) >= 11 is 0. The summed E-state index contributed by atoms with van der Waals surface area (Å²) in [5, 5.41) is 0. The third-order valence-electron chi connectivity index (χ3n) is 10.9. The number of unbranched alkanes of at least 4 members (excludes halogenated alkanes) is 26. The third kappa shape index (κ3) is 25.0. The van der Waals surface area contributed by atoms with Crippen LogP contribution in [0.2, 0.25) is 0 Å². The van der Waals surface area contributed by atoms with Gasteiger partial charge in [0.05, 0.1) is 24.6 Å². The van der Waals surface area contributed by atoms with Gasteiger partial charge in [-0.05, 0) is 96.8 Å². The number of hydrogen-bond donors (Lipinski definition) is 0. The molecule has 0 aliphatic heterocycles. The van der Waals surface area contributed by atoms with Crippen molar-refractivity contribution in [3.63, 3.8) is 0 Å². The second-order valence-electron chi connectivity index (χ2n) is 16.1. The van der Waals surface area contributed by atoms with Gasteiger partial charge < -0.3 is 9.47 Å². The Labute approximate surface area is 344 Å². The van der Waals surface area contributed by atoms with Crippen molar-refractivity contribution in [3.05, 3.63) is 83.9 Å². The number of benzene rings is 3. The molecule has 0 saturated carbocycles. The van der Waals surface area contributed by atoms with E-state index in [-0.39, 0.29) is 0 Å². The van der Waals surface area contributed by atoms with Crippen molar-refractivity contribution in [1.29, 1.82) is 0 Å². The Bertz CT molecular complexity index is 1260. The number of nitrogens with zero attached hydrogens (tertiary/aromatic N) is 2. The van der Waals surface area contributed by atoms with Gasteiger partial charge >= 0.3 is 0 Å². The minimum absolute atomic E-state index is 0.791. The van der Waals surface area contributed by atoms with Crippen LogP contribution in [-0.4, -0.2) is 25.6 Å². The van der Waals surface area contributed by atoms with E-state index in [9.17, 15) is 0 Å². The van der Waals surface area contributed by atoms with Gasteiger partial charge in [0.15, 0.2) is 0 Å². The number of ether oxygens (including phenoxy) is 2. The smallest absolute Gasteiger partial charge is 0.119 e. The SMILES string of the molecule is CCCCCCCCCCCCCCCCOc1ccc(C=Nc2ccc(N=Cc3ccc(OCCCCCCCCCCCCCCCC)cc3)cc2)cc1. The van der Waals surface area contributed by atoms with Gasteiger partial charge in [-0.1, -0.05) is 181 Å². The lowest BCUT2D eigenvalue weighted by atomic mass is 10.0. The molecule has 0 saturated heterocycles. The van der Waals surface area contributed by atoms with Crippen LogP contribution < -0.4 is 9.47 Å². The maximum absolute atomic E-state index is 5.99. The van der Waals surface area contributed by atoms with Crippen molar-refractivity contribution in [2.75, 3.05) is 13.2 Å². The van der Waals surface area contributed by atoms with Crippen molar-refractivity contribution in [2.24, 2.45) is 9.98 Å². The summed E-state index contributed by atoms with van der Waals surface area (Å²) in [5.41, 5.74) is 3.93. The van der Waals surface area contributed by atoms with Crippen LogP contribution in [0.4, 0.5) is 11.4 Å². The normalized spacial score (nSPS) is 11.6. The fraction of sp³-hybridized carbons (Fsp3) is 0.615. The highest BCUT2D eigenvalue weighted by molar-refractivity contribution is 5.83. The summed E-state index contributed by atoms with van der Waals surface area (Å²) < 4.78 is 12.0. The summed E-state index contributed by atoms with van der Waals surface area (Å²) in [5.74, 6) is 1.86. The molecule has 310 valence electrons. The van der Waals surface area contributed by atoms with Gasteiger partial charge in [0, 0.05) is 12.4 Å². The minimum atomic E-state index is 0.791.